The fourth-order valence-electron chi connectivity index (χ4n) is 0.505. The average molecular weight is 124 g/mol. The van der Waals surface area contributed by atoms with E-state index < -0.39 is 0 Å². The van der Waals surface area contributed by atoms with Gasteiger partial charge in [0.05, 0.1) is 0 Å². The summed E-state index contributed by atoms with van der Waals surface area (Å²) in [5.41, 5.74) is 1.28. The molecule has 0 saturated carbocycles. The highest BCUT2D eigenvalue weighted by molar-refractivity contribution is 5.12. The van der Waals surface area contributed by atoms with E-state index >= 15 is 0 Å². The summed E-state index contributed by atoms with van der Waals surface area (Å²) < 4.78 is 0. The molecule has 52 valence electrons. The molecule has 0 radical (unpaired) electrons. The molecule has 0 heterocycles. The van der Waals surface area contributed by atoms with Crippen LogP contribution >= 0.6 is 0 Å². The van der Waals surface area contributed by atoms with Gasteiger partial charge in [-0.25, -0.2) is 0 Å². The Bertz CT molecular complexity index is 107. The van der Waals surface area contributed by atoms with Gasteiger partial charge in [0.15, 0.2) is 0 Å². The average Bonchev–Trinajstić information content (AvgIpc) is 1.83. The molecule has 0 spiro atoms. The summed E-state index contributed by atoms with van der Waals surface area (Å²) in [6.45, 7) is 10.2. The van der Waals surface area contributed by atoms with Gasteiger partial charge in [-0.15, -0.1) is 0 Å². The largest absolute Gasteiger partial charge is 0.0988 e. The highest BCUT2D eigenvalue weighted by atomic mass is 13.9. The maximum atomic E-state index is 3.67. The lowest BCUT2D eigenvalue weighted by Crippen LogP contribution is -1.82. The van der Waals surface area contributed by atoms with E-state index in [1.807, 2.05) is 6.08 Å². The van der Waals surface area contributed by atoms with Crippen molar-refractivity contribution in [2.24, 2.45) is 5.92 Å². The van der Waals surface area contributed by atoms with Crippen molar-refractivity contribution in [3.63, 3.8) is 0 Å². The molecule has 0 fully saturated rings. The van der Waals surface area contributed by atoms with Crippen molar-refractivity contribution < 1.29 is 0 Å². The molecule has 0 aliphatic heterocycles. The molecule has 0 aromatic heterocycles. The molecule has 0 saturated heterocycles. The predicted molar refractivity (Wildman–Crippen MR) is 43.4 cm³/mol. The van der Waals surface area contributed by atoms with Gasteiger partial charge in [0.25, 0.3) is 0 Å². The Morgan fingerprint density at radius 3 is 2.44 bits per heavy atom. The minimum absolute atomic E-state index is 0.764. The van der Waals surface area contributed by atoms with Gasteiger partial charge in [-0.05, 0) is 19.3 Å². The first-order valence-corrected chi connectivity index (χ1v) is 3.46. The third-order valence-electron chi connectivity index (χ3n) is 1.23. The second kappa shape index (κ2) is 4.37. The Balaban J connectivity index is 3.56. The molecule has 0 rings (SSSR count). The van der Waals surface area contributed by atoms with E-state index in [-0.39, 0.29) is 0 Å². The van der Waals surface area contributed by atoms with Crippen LogP contribution in [0, 0.1) is 5.92 Å². The smallest absolute Gasteiger partial charge is 0.0322 e. The van der Waals surface area contributed by atoms with Crippen LogP contribution < -0.4 is 0 Å². The monoisotopic (exact) mass is 124 g/mol. The Hall–Kier alpha value is -0.520. The molecule has 0 aliphatic carbocycles. The van der Waals surface area contributed by atoms with Crippen molar-refractivity contribution in [1.82, 2.24) is 0 Å². The molecule has 0 atom stereocenters. The second-order valence-corrected chi connectivity index (χ2v) is 2.78. The summed E-state index contributed by atoms with van der Waals surface area (Å²) >= 11 is 0. The van der Waals surface area contributed by atoms with Gasteiger partial charge in [-0.3, -0.25) is 0 Å². The fourth-order valence-corrected chi connectivity index (χ4v) is 0.505. The van der Waals surface area contributed by atoms with Gasteiger partial charge in [0.2, 0.25) is 0 Å². The summed E-state index contributed by atoms with van der Waals surface area (Å²) in [6, 6.07) is 0. The number of hydrogen-bond acceptors (Lipinski definition) is 0. The van der Waals surface area contributed by atoms with Crippen LogP contribution in [0.2, 0.25) is 0 Å². The zero-order chi connectivity index (χ0) is 7.28. The van der Waals surface area contributed by atoms with Crippen molar-refractivity contribution in [2.75, 3.05) is 0 Å². The lowest BCUT2D eigenvalue weighted by atomic mass is 10.1. The van der Waals surface area contributed by atoms with Crippen LogP contribution in [-0.2, 0) is 0 Å². The third-order valence-corrected chi connectivity index (χ3v) is 1.23. The van der Waals surface area contributed by atoms with E-state index in [0.717, 1.165) is 12.3 Å². The van der Waals surface area contributed by atoms with Crippen molar-refractivity contribution >= 4 is 0 Å². The summed E-state index contributed by atoms with van der Waals surface area (Å²) in [4.78, 5) is 0. The zero-order valence-corrected chi connectivity index (χ0v) is 6.65. The summed E-state index contributed by atoms with van der Waals surface area (Å²) in [7, 11) is 0. The first-order valence-electron chi connectivity index (χ1n) is 3.46. The number of hydrogen-bond donors (Lipinski definition) is 0. The van der Waals surface area contributed by atoms with E-state index in [1.165, 1.54) is 5.57 Å². The Labute approximate surface area is 58.3 Å². The van der Waals surface area contributed by atoms with Crippen molar-refractivity contribution in [3.8, 4) is 0 Å². The van der Waals surface area contributed by atoms with Crippen LogP contribution in [0.25, 0.3) is 0 Å². The van der Waals surface area contributed by atoms with E-state index in [4.69, 9.17) is 0 Å². The molecule has 0 aromatic rings. The summed E-state index contributed by atoms with van der Waals surface area (Å²) in [5, 5.41) is 0. The van der Waals surface area contributed by atoms with Gasteiger partial charge >= 0.3 is 0 Å². The van der Waals surface area contributed by atoms with Crippen molar-refractivity contribution in [3.05, 3.63) is 24.3 Å². The van der Waals surface area contributed by atoms with Crippen LogP contribution in [-0.4, -0.2) is 0 Å². The SMILES string of the molecule is C=CC(C)=CCC(C)C. The van der Waals surface area contributed by atoms with Crippen molar-refractivity contribution in [2.45, 2.75) is 27.2 Å². The lowest BCUT2D eigenvalue weighted by Gasteiger charge is -1.97. The van der Waals surface area contributed by atoms with E-state index in [2.05, 4.69) is 33.4 Å². The fraction of sp³-hybridized carbons (Fsp3) is 0.556. The van der Waals surface area contributed by atoms with E-state index in [0.29, 0.717) is 0 Å². The van der Waals surface area contributed by atoms with Crippen molar-refractivity contribution in [1.29, 1.82) is 0 Å². The maximum Gasteiger partial charge on any atom is -0.0322 e. The Morgan fingerprint density at radius 2 is 2.11 bits per heavy atom. The molecule has 0 heteroatoms. The topological polar surface area (TPSA) is 0 Å². The lowest BCUT2D eigenvalue weighted by molar-refractivity contribution is 0.662. The standard InChI is InChI=1S/C9H16/c1-5-9(4)7-6-8(2)3/h5,7-8H,1,6H2,2-4H3. The first-order chi connectivity index (χ1) is 4.16. The molecule has 0 bridgehead atoms. The van der Waals surface area contributed by atoms with Gasteiger partial charge in [0, 0.05) is 0 Å². The van der Waals surface area contributed by atoms with Gasteiger partial charge in [0.1, 0.15) is 0 Å². The van der Waals surface area contributed by atoms with Gasteiger partial charge < -0.3 is 0 Å². The first kappa shape index (κ1) is 8.48. The highest BCUT2D eigenvalue weighted by Crippen LogP contribution is 2.03. The Kier molecular flexibility index (Phi) is 4.12. The van der Waals surface area contributed by atoms with Gasteiger partial charge in [-0.2, -0.15) is 0 Å². The quantitative estimate of drug-likeness (QED) is 0.507. The van der Waals surface area contributed by atoms with Crippen LogP contribution in [0.5, 0.6) is 0 Å². The number of rotatable bonds is 3. The summed E-state index contributed by atoms with van der Waals surface area (Å²) in [6.07, 6.45) is 5.28. The van der Waals surface area contributed by atoms with Crippen LogP contribution in [0.4, 0.5) is 0 Å². The third kappa shape index (κ3) is 5.35. The summed E-state index contributed by atoms with van der Waals surface area (Å²) in [5.74, 6) is 0.764. The molecule has 0 N–H and O–H groups in total. The molecule has 0 aliphatic rings. The van der Waals surface area contributed by atoms with E-state index in [9.17, 15) is 0 Å². The molecule has 9 heavy (non-hydrogen) atoms. The minimum Gasteiger partial charge on any atom is -0.0988 e. The van der Waals surface area contributed by atoms with E-state index in [1.54, 1.807) is 0 Å². The Morgan fingerprint density at radius 1 is 1.56 bits per heavy atom. The molecule has 0 nitrogen and oxygen atoms in total. The molecule has 0 amide bonds. The molecule has 0 unspecified atom stereocenters. The predicted octanol–water partition coefficient (Wildman–Crippen LogP) is 3.16. The van der Waals surface area contributed by atoms with Crippen LogP contribution in [0.1, 0.15) is 27.2 Å². The normalized spacial score (nSPS) is 12.2. The zero-order valence-electron chi connectivity index (χ0n) is 6.65. The van der Waals surface area contributed by atoms with Gasteiger partial charge in [-0.1, -0.05) is 38.2 Å². The molecular weight excluding hydrogens is 108 g/mol. The maximum absolute atomic E-state index is 3.67. The molecular formula is C9H16. The minimum atomic E-state index is 0.764. The van der Waals surface area contributed by atoms with Crippen LogP contribution in [0.3, 0.4) is 0 Å². The van der Waals surface area contributed by atoms with Crippen LogP contribution in [0.15, 0.2) is 24.3 Å². The second-order valence-electron chi connectivity index (χ2n) is 2.78. The highest BCUT2D eigenvalue weighted by Gasteiger charge is 1.87. The molecule has 0 aromatic carbocycles. The number of allylic oxidation sites excluding steroid dienone is 3.